The fourth-order valence-corrected chi connectivity index (χ4v) is 3.03. The van der Waals surface area contributed by atoms with Crippen molar-refractivity contribution in [2.75, 3.05) is 0 Å². The molecule has 3 heterocycles. The van der Waals surface area contributed by atoms with E-state index in [0.29, 0.717) is 17.2 Å². The lowest BCUT2D eigenvalue weighted by Crippen LogP contribution is -2.03. The van der Waals surface area contributed by atoms with Crippen LogP contribution in [0, 0.1) is 0 Å². The Bertz CT molecular complexity index is 1250. The van der Waals surface area contributed by atoms with E-state index in [-0.39, 0.29) is 0 Å². The SMILES string of the molecule is C(/c1ccccc1)=c1\c(-c2ccccc2)nn2c(-c3cnccn3)nnc12. The minimum absolute atomic E-state index is 0.572. The average molecular weight is 350 g/mol. The van der Waals surface area contributed by atoms with Crippen molar-refractivity contribution in [2.45, 2.75) is 0 Å². The first-order valence-corrected chi connectivity index (χ1v) is 8.54. The molecular weight excluding hydrogens is 336 g/mol. The van der Waals surface area contributed by atoms with E-state index in [0.717, 1.165) is 22.0 Å². The van der Waals surface area contributed by atoms with Crippen LogP contribution in [0.4, 0.5) is 0 Å². The van der Waals surface area contributed by atoms with E-state index in [1.54, 1.807) is 23.1 Å². The highest BCUT2D eigenvalue weighted by molar-refractivity contribution is 5.71. The van der Waals surface area contributed by atoms with E-state index in [9.17, 15) is 0 Å². The van der Waals surface area contributed by atoms with Gasteiger partial charge in [0, 0.05) is 23.2 Å². The first-order chi connectivity index (χ1) is 13.4. The van der Waals surface area contributed by atoms with Crippen LogP contribution < -0.4 is 5.22 Å². The Labute approximate surface area is 154 Å². The van der Waals surface area contributed by atoms with Gasteiger partial charge in [0.05, 0.1) is 6.20 Å². The van der Waals surface area contributed by atoms with Crippen LogP contribution in [0.15, 0.2) is 79.3 Å². The highest BCUT2D eigenvalue weighted by atomic mass is 15.4. The molecule has 0 aliphatic heterocycles. The summed E-state index contributed by atoms with van der Waals surface area (Å²) in [7, 11) is 0. The Morgan fingerprint density at radius 3 is 2.33 bits per heavy atom. The monoisotopic (exact) mass is 350 g/mol. The zero-order valence-corrected chi connectivity index (χ0v) is 14.3. The average Bonchev–Trinajstić information content (AvgIpc) is 3.30. The maximum Gasteiger partial charge on any atom is 0.205 e. The number of benzene rings is 2. The van der Waals surface area contributed by atoms with Crippen molar-refractivity contribution in [2.24, 2.45) is 0 Å². The highest BCUT2D eigenvalue weighted by Crippen LogP contribution is 2.18. The fourth-order valence-electron chi connectivity index (χ4n) is 3.03. The van der Waals surface area contributed by atoms with Crippen molar-refractivity contribution in [1.82, 2.24) is 29.8 Å². The second kappa shape index (κ2) is 6.42. The fraction of sp³-hybridized carbons (Fsp3) is 0. The van der Waals surface area contributed by atoms with Crippen molar-refractivity contribution in [3.05, 3.63) is 90.0 Å². The third-order valence-corrected chi connectivity index (χ3v) is 4.29. The van der Waals surface area contributed by atoms with Gasteiger partial charge in [0.2, 0.25) is 5.82 Å². The van der Waals surface area contributed by atoms with Gasteiger partial charge < -0.3 is 0 Å². The standard InChI is InChI=1S/C21H14N6/c1-3-7-15(8-4-1)13-17-19(16-9-5-2-6-10-16)26-27-20(17)24-25-21(27)18-14-22-11-12-23-18/h1-14H/b17-13-. The molecule has 0 N–H and O–H groups in total. The molecule has 0 atom stereocenters. The molecule has 0 saturated carbocycles. The maximum atomic E-state index is 4.81. The predicted molar refractivity (Wildman–Crippen MR) is 102 cm³/mol. The van der Waals surface area contributed by atoms with Crippen LogP contribution in [0.1, 0.15) is 5.56 Å². The van der Waals surface area contributed by atoms with E-state index in [1.807, 2.05) is 48.5 Å². The van der Waals surface area contributed by atoms with E-state index < -0.39 is 0 Å². The molecule has 3 aromatic heterocycles. The quantitative estimate of drug-likeness (QED) is 0.500. The lowest BCUT2D eigenvalue weighted by Gasteiger charge is -1.97. The summed E-state index contributed by atoms with van der Waals surface area (Å²) in [5, 5.41) is 14.4. The van der Waals surface area contributed by atoms with Gasteiger partial charge in [-0.3, -0.25) is 4.98 Å². The molecule has 0 aliphatic carbocycles. The van der Waals surface area contributed by atoms with Gasteiger partial charge >= 0.3 is 0 Å². The van der Waals surface area contributed by atoms with Crippen molar-refractivity contribution >= 4 is 11.7 Å². The number of hydrogen-bond acceptors (Lipinski definition) is 5. The molecule has 27 heavy (non-hydrogen) atoms. The summed E-state index contributed by atoms with van der Waals surface area (Å²) in [5.74, 6) is 0.572. The maximum absolute atomic E-state index is 4.81. The highest BCUT2D eigenvalue weighted by Gasteiger charge is 2.17. The van der Waals surface area contributed by atoms with Gasteiger partial charge in [-0.15, -0.1) is 10.2 Å². The normalized spacial score (nSPS) is 11.9. The Hall–Kier alpha value is -3.93. The van der Waals surface area contributed by atoms with Crippen LogP contribution >= 0.6 is 0 Å². The largest absolute Gasteiger partial charge is 0.261 e. The number of fused-ring (bicyclic) bond motifs is 1. The van der Waals surface area contributed by atoms with E-state index in [1.165, 1.54) is 0 Å². The summed E-state index contributed by atoms with van der Waals surface area (Å²) in [6, 6.07) is 20.2. The molecule has 0 aliphatic rings. The van der Waals surface area contributed by atoms with Crippen LogP contribution in [0.2, 0.25) is 0 Å². The van der Waals surface area contributed by atoms with Crippen LogP contribution in [-0.2, 0) is 0 Å². The number of rotatable bonds is 3. The van der Waals surface area contributed by atoms with Gasteiger partial charge in [-0.25, -0.2) is 4.98 Å². The van der Waals surface area contributed by atoms with Crippen molar-refractivity contribution in [3.63, 3.8) is 0 Å². The summed E-state index contributed by atoms with van der Waals surface area (Å²) < 4.78 is 1.74. The summed E-state index contributed by atoms with van der Waals surface area (Å²) in [4.78, 5) is 8.45. The number of nitrogens with zero attached hydrogens (tertiary/aromatic N) is 6. The minimum atomic E-state index is 0.572. The Morgan fingerprint density at radius 1 is 0.815 bits per heavy atom. The molecule has 0 spiro atoms. The topological polar surface area (TPSA) is 68.9 Å². The van der Waals surface area contributed by atoms with Gasteiger partial charge in [-0.2, -0.15) is 9.61 Å². The Kier molecular flexibility index (Phi) is 3.65. The zero-order valence-electron chi connectivity index (χ0n) is 14.3. The molecule has 0 saturated heterocycles. The van der Waals surface area contributed by atoms with Crippen molar-refractivity contribution < 1.29 is 0 Å². The number of aromatic nitrogens is 6. The third-order valence-electron chi connectivity index (χ3n) is 4.29. The number of hydrogen-bond donors (Lipinski definition) is 0. The zero-order chi connectivity index (χ0) is 18.1. The molecular formula is C21H14N6. The smallest absolute Gasteiger partial charge is 0.205 e. The summed E-state index contributed by atoms with van der Waals surface area (Å²) in [5.41, 5.74) is 4.28. The molecule has 0 fully saturated rings. The Balaban J connectivity index is 1.81. The van der Waals surface area contributed by atoms with Crippen molar-refractivity contribution in [3.8, 4) is 22.8 Å². The minimum Gasteiger partial charge on any atom is -0.261 e. The van der Waals surface area contributed by atoms with Crippen LogP contribution in [0.5, 0.6) is 0 Å². The first kappa shape index (κ1) is 15.3. The van der Waals surface area contributed by atoms with Gasteiger partial charge in [0.25, 0.3) is 0 Å². The molecule has 6 heteroatoms. The molecule has 128 valence electrons. The molecule has 6 nitrogen and oxygen atoms in total. The van der Waals surface area contributed by atoms with Crippen LogP contribution in [0.3, 0.4) is 0 Å². The summed E-state index contributed by atoms with van der Waals surface area (Å²) in [6.07, 6.45) is 7.01. The van der Waals surface area contributed by atoms with Crippen LogP contribution in [0.25, 0.3) is 34.5 Å². The van der Waals surface area contributed by atoms with E-state index >= 15 is 0 Å². The van der Waals surface area contributed by atoms with Crippen LogP contribution in [-0.4, -0.2) is 29.8 Å². The third kappa shape index (κ3) is 2.73. The lowest BCUT2D eigenvalue weighted by atomic mass is 10.1. The summed E-state index contributed by atoms with van der Waals surface area (Å²) >= 11 is 0. The molecule has 5 rings (SSSR count). The van der Waals surface area contributed by atoms with Gasteiger partial charge in [0.15, 0.2) is 5.65 Å². The first-order valence-electron chi connectivity index (χ1n) is 8.54. The summed E-state index contributed by atoms with van der Waals surface area (Å²) in [6.45, 7) is 0. The molecule has 0 radical (unpaired) electrons. The predicted octanol–water partition coefficient (Wildman–Crippen LogP) is 2.80. The van der Waals surface area contributed by atoms with Gasteiger partial charge in [-0.1, -0.05) is 60.7 Å². The molecule has 0 unspecified atom stereocenters. The van der Waals surface area contributed by atoms with E-state index in [4.69, 9.17) is 5.10 Å². The Morgan fingerprint density at radius 2 is 1.59 bits per heavy atom. The molecule has 2 aromatic carbocycles. The van der Waals surface area contributed by atoms with Crippen molar-refractivity contribution in [1.29, 1.82) is 0 Å². The molecule has 0 bridgehead atoms. The second-order valence-corrected chi connectivity index (χ2v) is 6.03. The molecule has 0 amide bonds. The lowest BCUT2D eigenvalue weighted by molar-refractivity contribution is 0.957. The second-order valence-electron chi connectivity index (χ2n) is 6.03. The molecule has 5 aromatic rings. The van der Waals surface area contributed by atoms with E-state index in [2.05, 4.69) is 38.4 Å². The van der Waals surface area contributed by atoms with Gasteiger partial charge in [0.1, 0.15) is 11.4 Å². The van der Waals surface area contributed by atoms with Gasteiger partial charge in [-0.05, 0) is 11.6 Å².